The fourth-order valence-corrected chi connectivity index (χ4v) is 3.73. The molecule has 6 heteroatoms. The number of benzene rings is 2. The number of carbonyl (C=O) groups excluding carboxylic acids is 1. The highest BCUT2D eigenvalue weighted by molar-refractivity contribution is 7.18. The first-order valence-corrected chi connectivity index (χ1v) is 8.83. The van der Waals surface area contributed by atoms with E-state index in [9.17, 15) is 4.79 Å². The molecule has 124 valence electrons. The van der Waals surface area contributed by atoms with Gasteiger partial charge >= 0.3 is 0 Å². The van der Waals surface area contributed by atoms with Crippen molar-refractivity contribution >= 4 is 50.4 Å². The molecule has 0 fully saturated rings. The molecule has 3 rings (SSSR count). The standard InChI is InChI=1S/C18H18ClN3OS/c1-22(2)15-8-7-12(11-13(15)19)20-17(23)9-10-18-21-14-5-3-4-6-16(14)24-18/h3-8,11H,9-10H2,1-2H3,(H,20,23). The van der Waals surface area contributed by atoms with E-state index in [0.29, 0.717) is 23.6 Å². The van der Waals surface area contributed by atoms with Crippen molar-refractivity contribution in [1.29, 1.82) is 0 Å². The van der Waals surface area contributed by atoms with Crippen LogP contribution in [0.15, 0.2) is 42.5 Å². The minimum Gasteiger partial charge on any atom is -0.376 e. The van der Waals surface area contributed by atoms with Gasteiger partial charge in [0.15, 0.2) is 0 Å². The van der Waals surface area contributed by atoms with Gasteiger partial charge in [0, 0.05) is 32.6 Å². The highest BCUT2D eigenvalue weighted by atomic mass is 35.5. The third-order valence-electron chi connectivity index (χ3n) is 3.62. The summed E-state index contributed by atoms with van der Waals surface area (Å²) in [6, 6.07) is 13.5. The predicted octanol–water partition coefficient (Wildman–Crippen LogP) is 4.59. The third kappa shape index (κ3) is 3.86. The molecule has 24 heavy (non-hydrogen) atoms. The lowest BCUT2D eigenvalue weighted by atomic mass is 10.2. The van der Waals surface area contributed by atoms with E-state index in [1.165, 1.54) is 0 Å². The van der Waals surface area contributed by atoms with E-state index in [1.807, 2.05) is 55.4 Å². The van der Waals surface area contributed by atoms with Crippen LogP contribution in [0.4, 0.5) is 11.4 Å². The van der Waals surface area contributed by atoms with Crippen molar-refractivity contribution in [2.75, 3.05) is 24.3 Å². The lowest BCUT2D eigenvalue weighted by Gasteiger charge is -2.15. The van der Waals surface area contributed by atoms with Crippen LogP contribution in [0.5, 0.6) is 0 Å². The van der Waals surface area contributed by atoms with Crippen LogP contribution in [0.1, 0.15) is 11.4 Å². The number of hydrogen-bond donors (Lipinski definition) is 1. The van der Waals surface area contributed by atoms with Crippen molar-refractivity contribution in [1.82, 2.24) is 4.98 Å². The second-order valence-electron chi connectivity index (χ2n) is 5.68. The number of nitrogens with one attached hydrogen (secondary N) is 1. The van der Waals surface area contributed by atoms with Gasteiger partial charge in [-0.3, -0.25) is 4.79 Å². The minimum absolute atomic E-state index is 0.0390. The van der Waals surface area contributed by atoms with Crippen LogP contribution >= 0.6 is 22.9 Å². The fraction of sp³-hybridized carbons (Fsp3) is 0.222. The molecule has 4 nitrogen and oxygen atoms in total. The summed E-state index contributed by atoms with van der Waals surface area (Å²) in [5.74, 6) is -0.0390. The summed E-state index contributed by atoms with van der Waals surface area (Å²) in [5.41, 5.74) is 2.62. The van der Waals surface area contributed by atoms with Crippen molar-refractivity contribution in [3.05, 3.63) is 52.5 Å². The second-order valence-corrected chi connectivity index (χ2v) is 7.21. The summed E-state index contributed by atoms with van der Waals surface area (Å²) in [5, 5.41) is 4.48. The van der Waals surface area contributed by atoms with Gasteiger partial charge in [-0.15, -0.1) is 11.3 Å². The summed E-state index contributed by atoms with van der Waals surface area (Å²) in [6.07, 6.45) is 1.03. The normalized spacial score (nSPS) is 10.8. The van der Waals surface area contributed by atoms with E-state index in [4.69, 9.17) is 11.6 Å². The van der Waals surface area contributed by atoms with Crippen LogP contribution in [0, 0.1) is 0 Å². The number of aromatic nitrogens is 1. The van der Waals surface area contributed by atoms with E-state index >= 15 is 0 Å². The zero-order valence-electron chi connectivity index (χ0n) is 13.5. The van der Waals surface area contributed by atoms with E-state index < -0.39 is 0 Å². The molecule has 1 N–H and O–H groups in total. The van der Waals surface area contributed by atoms with Gasteiger partial charge in [0.1, 0.15) is 0 Å². The molecule has 0 aliphatic rings. The molecule has 0 unspecified atom stereocenters. The highest BCUT2D eigenvalue weighted by Crippen LogP contribution is 2.27. The number of hydrogen-bond acceptors (Lipinski definition) is 4. The minimum atomic E-state index is -0.0390. The van der Waals surface area contributed by atoms with Crippen LogP contribution in [-0.4, -0.2) is 25.0 Å². The third-order valence-corrected chi connectivity index (χ3v) is 5.02. The van der Waals surface area contributed by atoms with Gasteiger partial charge in [-0.2, -0.15) is 0 Å². The Labute approximate surface area is 150 Å². The van der Waals surface area contributed by atoms with Gasteiger partial charge in [-0.25, -0.2) is 4.98 Å². The average molecular weight is 360 g/mol. The number of carbonyl (C=O) groups is 1. The molecule has 0 spiro atoms. The predicted molar refractivity (Wildman–Crippen MR) is 102 cm³/mol. The molecule has 1 amide bonds. The SMILES string of the molecule is CN(C)c1ccc(NC(=O)CCc2nc3ccccc3s2)cc1Cl. The van der Waals surface area contributed by atoms with Gasteiger partial charge in [-0.1, -0.05) is 23.7 Å². The maximum absolute atomic E-state index is 12.1. The van der Waals surface area contributed by atoms with E-state index in [2.05, 4.69) is 10.3 Å². The number of fused-ring (bicyclic) bond motifs is 1. The monoisotopic (exact) mass is 359 g/mol. The molecule has 0 bridgehead atoms. The van der Waals surface area contributed by atoms with Crippen LogP contribution in [0.25, 0.3) is 10.2 Å². The number of para-hydroxylation sites is 1. The number of anilines is 2. The summed E-state index contributed by atoms with van der Waals surface area (Å²) >= 11 is 7.86. The first-order valence-electron chi connectivity index (χ1n) is 7.64. The van der Waals surface area contributed by atoms with Crippen molar-refractivity contribution < 1.29 is 4.79 Å². The zero-order valence-corrected chi connectivity index (χ0v) is 15.1. The van der Waals surface area contributed by atoms with Crippen molar-refractivity contribution in [2.45, 2.75) is 12.8 Å². The van der Waals surface area contributed by atoms with E-state index in [1.54, 1.807) is 17.4 Å². The number of nitrogens with zero attached hydrogens (tertiary/aromatic N) is 2. The molecular weight excluding hydrogens is 342 g/mol. The molecule has 0 aliphatic carbocycles. The first kappa shape index (κ1) is 16.7. The van der Waals surface area contributed by atoms with Crippen molar-refractivity contribution in [2.24, 2.45) is 0 Å². The number of amides is 1. The molecule has 3 aromatic rings. The molecule has 0 saturated carbocycles. The van der Waals surface area contributed by atoms with Crippen molar-refractivity contribution in [3.63, 3.8) is 0 Å². The molecule has 0 saturated heterocycles. The summed E-state index contributed by atoms with van der Waals surface area (Å²) in [6.45, 7) is 0. The Morgan fingerprint density at radius 1 is 1.25 bits per heavy atom. The second kappa shape index (κ2) is 7.20. The van der Waals surface area contributed by atoms with Crippen LogP contribution in [0.2, 0.25) is 5.02 Å². The maximum atomic E-state index is 12.1. The Morgan fingerprint density at radius 3 is 2.75 bits per heavy atom. The fourth-order valence-electron chi connectivity index (χ4n) is 2.42. The van der Waals surface area contributed by atoms with Gasteiger partial charge < -0.3 is 10.2 Å². The number of aryl methyl sites for hydroxylation is 1. The van der Waals surface area contributed by atoms with Crippen LogP contribution in [-0.2, 0) is 11.2 Å². The van der Waals surface area contributed by atoms with Gasteiger partial charge in [-0.05, 0) is 30.3 Å². The molecule has 0 atom stereocenters. The first-order chi connectivity index (χ1) is 11.5. The van der Waals surface area contributed by atoms with Crippen LogP contribution < -0.4 is 10.2 Å². The Bertz CT molecular complexity index is 843. The molecule has 1 aromatic heterocycles. The zero-order chi connectivity index (χ0) is 17.1. The molecule has 2 aromatic carbocycles. The molecule has 0 radical (unpaired) electrons. The number of thiazole rings is 1. The highest BCUT2D eigenvalue weighted by Gasteiger charge is 2.09. The maximum Gasteiger partial charge on any atom is 0.224 e. The average Bonchev–Trinajstić information content (AvgIpc) is 2.95. The summed E-state index contributed by atoms with van der Waals surface area (Å²) in [7, 11) is 3.86. The van der Waals surface area contributed by atoms with Gasteiger partial charge in [0.05, 0.1) is 25.9 Å². The molecular formula is C18H18ClN3OS. The quantitative estimate of drug-likeness (QED) is 0.724. The lowest BCUT2D eigenvalue weighted by Crippen LogP contribution is -2.13. The molecule has 1 heterocycles. The largest absolute Gasteiger partial charge is 0.376 e. The Kier molecular flexibility index (Phi) is 5.02. The number of halogens is 1. The Balaban J connectivity index is 1.60. The Hall–Kier alpha value is -2.11. The molecule has 0 aliphatic heterocycles. The van der Waals surface area contributed by atoms with Crippen molar-refractivity contribution in [3.8, 4) is 0 Å². The lowest BCUT2D eigenvalue weighted by molar-refractivity contribution is -0.116. The Morgan fingerprint density at radius 2 is 2.04 bits per heavy atom. The summed E-state index contributed by atoms with van der Waals surface area (Å²) in [4.78, 5) is 18.6. The van der Waals surface area contributed by atoms with E-state index in [-0.39, 0.29) is 5.91 Å². The number of rotatable bonds is 5. The van der Waals surface area contributed by atoms with E-state index in [0.717, 1.165) is 20.9 Å². The summed E-state index contributed by atoms with van der Waals surface area (Å²) < 4.78 is 1.15. The van der Waals surface area contributed by atoms with Crippen LogP contribution in [0.3, 0.4) is 0 Å². The topological polar surface area (TPSA) is 45.2 Å². The van der Waals surface area contributed by atoms with Gasteiger partial charge in [0.25, 0.3) is 0 Å². The van der Waals surface area contributed by atoms with Gasteiger partial charge in [0.2, 0.25) is 5.91 Å². The smallest absolute Gasteiger partial charge is 0.224 e.